The average Bonchev–Trinajstić information content (AvgIpc) is 3.13. The Balaban J connectivity index is 2.82. The van der Waals surface area contributed by atoms with E-state index in [1.165, 1.54) is 0 Å². The van der Waals surface area contributed by atoms with E-state index in [1.807, 2.05) is 9.86 Å². The first-order valence-corrected chi connectivity index (χ1v) is 16.9. The van der Waals surface area contributed by atoms with Gasteiger partial charge in [-0.2, -0.15) is 0 Å². The van der Waals surface area contributed by atoms with Crippen molar-refractivity contribution in [2.45, 2.75) is 60.0 Å². The summed E-state index contributed by atoms with van der Waals surface area (Å²) in [6, 6.07) is 0. The van der Waals surface area contributed by atoms with Gasteiger partial charge in [-0.3, -0.25) is 0 Å². The third kappa shape index (κ3) is 7.97. The molecular formula is C17H32I2N3O5-. The number of nitrogens with zero attached hydrogens (tertiary/aromatic N) is 1. The number of amides is 3. The Kier molecular flexibility index (Phi) is 12.0. The van der Waals surface area contributed by atoms with Crippen LogP contribution in [0.5, 0.6) is 0 Å². The van der Waals surface area contributed by atoms with Crippen molar-refractivity contribution in [1.82, 2.24) is 15.7 Å². The second kappa shape index (κ2) is 13.1. The van der Waals surface area contributed by atoms with Gasteiger partial charge in [0.05, 0.1) is 0 Å². The number of hydrogen-bond donors (Lipinski definition) is 4. The van der Waals surface area contributed by atoms with Gasteiger partial charge in [0.1, 0.15) is 0 Å². The van der Waals surface area contributed by atoms with Crippen molar-refractivity contribution >= 4 is 37.5 Å². The summed E-state index contributed by atoms with van der Waals surface area (Å²) in [5, 5.41) is 11.7. The van der Waals surface area contributed by atoms with Crippen LogP contribution in [0, 0.1) is 5.92 Å². The van der Waals surface area contributed by atoms with Crippen LogP contribution in [0.3, 0.4) is 0 Å². The molecule has 0 bridgehead atoms. The standard InChI is InChI=1S/C17H32I2N3O5/c1-4-5-6-8-12(11-14(23)21-27)16(24)20-15(19(2)3)17(25)22-10-7-9-13(22)18-26/h12-13,15,26-27H,4-11H2,1-3H3,(H,20,24)(H,21,23)/q-1/t12-,13-,15+/m0/s1. The van der Waals surface area contributed by atoms with Crippen LogP contribution in [-0.4, -0.2) is 55.8 Å². The van der Waals surface area contributed by atoms with Crippen molar-refractivity contribution in [3.05, 3.63) is 0 Å². The zero-order valence-corrected chi connectivity index (χ0v) is 20.5. The van der Waals surface area contributed by atoms with Gasteiger partial charge in [-0.05, 0) is 0 Å². The SMILES string of the molecule is CCCCC[C@@H](CC(=O)NO)C(=O)N[C@H](C(=O)N1CCC[C@H]1[I-]O)I(C)C. The van der Waals surface area contributed by atoms with E-state index < -0.39 is 57.3 Å². The molecule has 10 heteroatoms. The van der Waals surface area contributed by atoms with Crippen LogP contribution in [0.2, 0.25) is 0 Å². The summed E-state index contributed by atoms with van der Waals surface area (Å²) in [4.78, 5) is 43.2. The molecule has 27 heavy (non-hydrogen) atoms. The van der Waals surface area contributed by atoms with Crippen LogP contribution in [-0.2, 0) is 14.4 Å². The predicted octanol–water partition coefficient (Wildman–Crippen LogP) is -1.77. The van der Waals surface area contributed by atoms with E-state index >= 15 is 0 Å². The van der Waals surface area contributed by atoms with E-state index in [2.05, 4.69) is 12.2 Å². The second-order valence-corrected chi connectivity index (χ2v) is 14.7. The number of carbonyl (C=O) groups is 3. The minimum absolute atomic E-state index is 0.0629. The number of alkyl halides is 4. The molecule has 0 saturated carbocycles. The maximum atomic E-state index is 13.0. The molecule has 1 aliphatic heterocycles. The Bertz CT molecular complexity index is 507. The van der Waals surface area contributed by atoms with Gasteiger partial charge in [-0.25, -0.2) is 0 Å². The number of likely N-dealkylation sites (tertiary alicyclic amines) is 1. The van der Waals surface area contributed by atoms with Gasteiger partial charge in [0.15, 0.2) is 0 Å². The molecule has 0 aromatic rings. The molecule has 4 N–H and O–H groups in total. The van der Waals surface area contributed by atoms with Gasteiger partial charge in [0, 0.05) is 0 Å². The normalized spacial score (nSPS) is 19.5. The molecule has 1 rings (SSSR count). The van der Waals surface area contributed by atoms with E-state index in [0.717, 1.165) is 32.1 Å². The summed E-state index contributed by atoms with van der Waals surface area (Å²) >= 11 is -2.78. The van der Waals surface area contributed by atoms with Gasteiger partial charge in [-0.1, -0.05) is 0 Å². The number of unbranched alkanes of at least 4 members (excludes halogenated alkanes) is 2. The quantitative estimate of drug-likeness (QED) is 0.0551. The summed E-state index contributed by atoms with van der Waals surface area (Å²) in [7, 11) is 0. The molecule has 0 spiro atoms. The average molecular weight is 612 g/mol. The molecule has 3 atom stereocenters. The van der Waals surface area contributed by atoms with Gasteiger partial charge >= 0.3 is 180 Å². The molecular weight excluding hydrogens is 580 g/mol. The molecule has 0 aromatic carbocycles. The molecule has 3 amide bonds. The Morgan fingerprint density at radius 2 is 2.00 bits per heavy atom. The van der Waals surface area contributed by atoms with Crippen molar-refractivity contribution in [1.29, 1.82) is 0 Å². The van der Waals surface area contributed by atoms with Crippen molar-refractivity contribution in [3.63, 3.8) is 0 Å². The second-order valence-electron chi connectivity index (χ2n) is 6.82. The Morgan fingerprint density at radius 1 is 1.30 bits per heavy atom. The third-order valence-corrected chi connectivity index (χ3v) is 9.85. The zero-order chi connectivity index (χ0) is 20.4. The van der Waals surface area contributed by atoms with Crippen molar-refractivity contribution in [2.75, 3.05) is 16.4 Å². The van der Waals surface area contributed by atoms with E-state index in [0.29, 0.717) is 13.0 Å². The van der Waals surface area contributed by atoms with Gasteiger partial charge < -0.3 is 0 Å². The van der Waals surface area contributed by atoms with Gasteiger partial charge in [-0.15, -0.1) is 0 Å². The summed E-state index contributed by atoms with van der Waals surface area (Å²) in [5.41, 5.74) is 1.59. The first-order chi connectivity index (χ1) is 12.8. The van der Waals surface area contributed by atoms with E-state index in [1.54, 1.807) is 10.4 Å². The fourth-order valence-corrected chi connectivity index (χ4v) is 6.98. The first-order valence-electron chi connectivity index (χ1n) is 9.15. The number of carbonyl (C=O) groups excluding carboxylic acids is 3. The first kappa shape index (κ1) is 24.8. The van der Waals surface area contributed by atoms with E-state index in [9.17, 15) is 17.8 Å². The number of nitrogens with one attached hydrogen (secondary N) is 2. The molecule has 160 valence electrons. The zero-order valence-electron chi connectivity index (χ0n) is 16.2. The topological polar surface area (TPSA) is 119 Å². The molecule has 1 aliphatic rings. The molecule has 8 nitrogen and oxygen atoms in total. The number of rotatable bonds is 11. The fourth-order valence-electron chi connectivity index (χ4n) is 3.06. The molecule has 0 aliphatic carbocycles. The van der Waals surface area contributed by atoms with Crippen LogP contribution >= 0.6 is 19.8 Å². The summed E-state index contributed by atoms with van der Waals surface area (Å²) in [6.45, 7) is 2.69. The van der Waals surface area contributed by atoms with Crippen LogP contribution in [0.4, 0.5) is 0 Å². The molecule has 1 heterocycles. The third-order valence-electron chi connectivity index (χ3n) is 4.58. The predicted molar refractivity (Wildman–Crippen MR) is 107 cm³/mol. The summed E-state index contributed by atoms with van der Waals surface area (Å²) in [5.74, 6) is -1.54. The minimum atomic E-state index is -1.74. The molecule has 1 fully saturated rings. The summed E-state index contributed by atoms with van der Waals surface area (Å²) < 4.78 is 9.01. The number of hydrogen-bond acceptors (Lipinski definition) is 5. The molecule has 0 radical (unpaired) electrons. The molecule has 0 unspecified atom stereocenters. The van der Waals surface area contributed by atoms with E-state index in [-0.39, 0.29) is 22.3 Å². The van der Waals surface area contributed by atoms with Crippen LogP contribution in [0.25, 0.3) is 0 Å². The molecule has 1 saturated heterocycles. The van der Waals surface area contributed by atoms with Crippen molar-refractivity contribution in [2.24, 2.45) is 5.92 Å². The van der Waals surface area contributed by atoms with Gasteiger partial charge in [0.2, 0.25) is 0 Å². The van der Waals surface area contributed by atoms with Crippen LogP contribution in [0.1, 0.15) is 51.9 Å². The Morgan fingerprint density at radius 3 is 2.56 bits per heavy atom. The molecule has 0 aromatic heterocycles. The fraction of sp³-hybridized carbons (Fsp3) is 0.824. The van der Waals surface area contributed by atoms with Crippen LogP contribution < -0.4 is 32.4 Å². The van der Waals surface area contributed by atoms with Crippen molar-refractivity contribution < 1.29 is 44.6 Å². The Labute approximate surface area is 179 Å². The summed E-state index contributed by atoms with van der Waals surface area (Å²) in [6.07, 6.45) is 4.94. The monoisotopic (exact) mass is 612 g/mol. The Hall–Kier alpha value is -0.210. The number of halogens is 2. The number of hydroxylamine groups is 1. The van der Waals surface area contributed by atoms with Crippen molar-refractivity contribution in [3.8, 4) is 0 Å². The van der Waals surface area contributed by atoms with E-state index in [4.69, 9.17) is 5.21 Å². The van der Waals surface area contributed by atoms with Gasteiger partial charge in [0.25, 0.3) is 0 Å². The van der Waals surface area contributed by atoms with Crippen LogP contribution in [0.15, 0.2) is 0 Å². The maximum absolute atomic E-state index is 13.0.